The van der Waals surface area contributed by atoms with Gasteiger partial charge >= 0.3 is 0 Å². The predicted molar refractivity (Wildman–Crippen MR) is 87.4 cm³/mol. The molecule has 0 radical (unpaired) electrons. The Kier molecular flexibility index (Phi) is 5.29. The van der Waals surface area contributed by atoms with Crippen molar-refractivity contribution >= 4 is 29.8 Å². The van der Waals surface area contributed by atoms with Crippen molar-refractivity contribution in [3.05, 3.63) is 76.3 Å². The molecule has 0 spiro atoms. The lowest BCUT2D eigenvalue weighted by Gasteiger charge is -2.02. The van der Waals surface area contributed by atoms with Gasteiger partial charge in [0.2, 0.25) is 0 Å². The van der Waals surface area contributed by atoms with E-state index in [2.05, 4.69) is 10.5 Å². The zero-order valence-corrected chi connectivity index (χ0v) is 12.3. The first-order valence-corrected chi connectivity index (χ1v) is 6.86. The molecule has 0 aliphatic rings. The van der Waals surface area contributed by atoms with Crippen LogP contribution in [-0.4, -0.2) is 12.1 Å². The van der Waals surface area contributed by atoms with Crippen LogP contribution < -0.4 is 5.43 Å². The minimum absolute atomic E-state index is 0.256. The van der Waals surface area contributed by atoms with Crippen molar-refractivity contribution in [1.82, 2.24) is 5.43 Å². The second-order valence-corrected chi connectivity index (χ2v) is 4.89. The lowest BCUT2D eigenvalue weighted by Crippen LogP contribution is -2.18. The molecule has 0 aliphatic carbocycles. The summed E-state index contributed by atoms with van der Waals surface area (Å²) in [5.74, 6) is -0.256. The Labute approximate surface area is 129 Å². The van der Waals surface area contributed by atoms with Crippen molar-refractivity contribution in [2.24, 2.45) is 5.10 Å². The fraction of sp³-hybridized carbons (Fsp3) is 0.0588. The summed E-state index contributed by atoms with van der Waals surface area (Å²) in [5, 5.41) is 4.30. The molecule has 0 aliphatic heterocycles. The molecule has 1 N–H and O–H groups in total. The number of rotatable bonds is 4. The molecule has 0 saturated heterocycles. The Hall–Kier alpha value is -2.39. The number of nitrogens with zero attached hydrogens (tertiary/aromatic N) is 1. The average molecular weight is 299 g/mol. The first-order valence-electron chi connectivity index (χ1n) is 6.48. The number of amides is 1. The molecular formula is C17H15ClN2O. The van der Waals surface area contributed by atoms with Crippen molar-refractivity contribution in [2.75, 3.05) is 0 Å². The number of hydrazone groups is 1. The lowest BCUT2D eigenvalue weighted by atomic mass is 10.1. The molecule has 0 heterocycles. The molecule has 2 aromatic rings. The highest BCUT2D eigenvalue weighted by Gasteiger charge is 2.05. The van der Waals surface area contributed by atoms with Crippen LogP contribution in [0.1, 0.15) is 21.5 Å². The van der Waals surface area contributed by atoms with Crippen LogP contribution in [-0.2, 0) is 0 Å². The molecule has 0 saturated carbocycles. The van der Waals surface area contributed by atoms with Gasteiger partial charge in [-0.15, -0.1) is 0 Å². The van der Waals surface area contributed by atoms with Crippen LogP contribution in [0.2, 0.25) is 0 Å². The van der Waals surface area contributed by atoms with Gasteiger partial charge in [-0.2, -0.15) is 5.10 Å². The van der Waals surface area contributed by atoms with Crippen LogP contribution in [0.5, 0.6) is 0 Å². The highest BCUT2D eigenvalue weighted by Crippen LogP contribution is 2.08. The Morgan fingerprint density at radius 3 is 2.48 bits per heavy atom. The van der Waals surface area contributed by atoms with Gasteiger partial charge in [-0.05, 0) is 30.2 Å². The number of benzene rings is 2. The fourth-order valence-corrected chi connectivity index (χ4v) is 1.96. The molecule has 0 aromatic heterocycles. The summed E-state index contributed by atoms with van der Waals surface area (Å²) >= 11 is 6.04. The molecule has 0 fully saturated rings. The number of carbonyl (C=O) groups is 1. The molecule has 1 amide bonds. The maximum atomic E-state index is 11.9. The number of hydrogen-bond acceptors (Lipinski definition) is 2. The Bertz CT molecular complexity index is 678. The van der Waals surface area contributed by atoms with Crippen LogP contribution in [0.25, 0.3) is 6.08 Å². The standard InChI is InChI=1S/C17H15ClN2O/c1-13-7-5-6-10-16(13)17(21)20-19-12-15(18)11-14-8-3-2-4-9-14/h2-12H,1H3,(H,20,21)/b15-11-,19-12-. The molecule has 21 heavy (non-hydrogen) atoms. The van der Waals surface area contributed by atoms with E-state index in [1.807, 2.05) is 55.5 Å². The van der Waals surface area contributed by atoms with E-state index in [0.717, 1.165) is 11.1 Å². The fourth-order valence-electron chi connectivity index (χ4n) is 1.79. The third kappa shape index (κ3) is 4.58. The van der Waals surface area contributed by atoms with Crippen molar-refractivity contribution in [2.45, 2.75) is 6.92 Å². The number of carbonyl (C=O) groups excluding carboxylic acids is 1. The number of hydrogen-bond donors (Lipinski definition) is 1. The number of halogens is 1. The quantitative estimate of drug-likeness (QED) is 0.673. The Balaban J connectivity index is 1.98. The zero-order chi connectivity index (χ0) is 15.1. The van der Waals surface area contributed by atoms with Crippen molar-refractivity contribution in [3.63, 3.8) is 0 Å². The molecule has 0 unspecified atom stereocenters. The van der Waals surface area contributed by atoms with Gasteiger partial charge in [0, 0.05) is 5.56 Å². The first-order chi connectivity index (χ1) is 10.2. The van der Waals surface area contributed by atoms with Gasteiger partial charge in [-0.3, -0.25) is 4.79 Å². The highest BCUT2D eigenvalue weighted by atomic mass is 35.5. The maximum Gasteiger partial charge on any atom is 0.271 e. The first kappa shape index (κ1) is 15.0. The molecular weight excluding hydrogens is 284 g/mol. The third-order valence-electron chi connectivity index (χ3n) is 2.85. The lowest BCUT2D eigenvalue weighted by molar-refractivity contribution is 0.0954. The van der Waals surface area contributed by atoms with E-state index in [1.165, 1.54) is 6.21 Å². The predicted octanol–water partition coefficient (Wildman–Crippen LogP) is 3.99. The minimum atomic E-state index is -0.256. The summed E-state index contributed by atoms with van der Waals surface area (Å²) in [4.78, 5) is 11.9. The maximum absolute atomic E-state index is 11.9. The number of allylic oxidation sites excluding steroid dienone is 1. The van der Waals surface area contributed by atoms with E-state index in [-0.39, 0.29) is 5.91 Å². The van der Waals surface area contributed by atoms with Gasteiger partial charge in [0.15, 0.2) is 0 Å². The second kappa shape index (κ2) is 7.41. The zero-order valence-electron chi connectivity index (χ0n) is 11.6. The molecule has 4 heteroatoms. The van der Waals surface area contributed by atoms with Gasteiger partial charge < -0.3 is 0 Å². The van der Waals surface area contributed by atoms with E-state index in [4.69, 9.17) is 11.6 Å². The highest BCUT2D eigenvalue weighted by molar-refractivity contribution is 6.41. The Morgan fingerprint density at radius 1 is 1.10 bits per heavy atom. The second-order valence-electron chi connectivity index (χ2n) is 4.45. The molecule has 3 nitrogen and oxygen atoms in total. The monoisotopic (exact) mass is 298 g/mol. The summed E-state index contributed by atoms with van der Waals surface area (Å²) in [6.07, 6.45) is 3.18. The number of nitrogens with one attached hydrogen (secondary N) is 1. The summed E-state index contributed by atoms with van der Waals surface area (Å²) in [5.41, 5.74) is 4.93. The van der Waals surface area contributed by atoms with Crippen molar-refractivity contribution in [1.29, 1.82) is 0 Å². The van der Waals surface area contributed by atoms with E-state index in [0.29, 0.717) is 10.6 Å². The van der Waals surface area contributed by atoms with Crippen LogP contribution in [0.4, 0.5) is 0 Å². The van der Waals surface area contributed by atoms with Crippen LogP contribution in [0, 0.1) is 6.92 Å². The summed E-state index contributed by atoms with van der Waals surface area (Å²) in [6.45, 7) is 1.88. The third-order valence-corrected chi connectivity index (χ3v) is 3.05. The van der Waals surface area contributed by atoms with Gasteiger partial charge in [0.25, 0.3) is 5.91 Å². The van der Waals surface area contributed by atoms with Crippen molar-refractivity contribution < 1.29 is 4.79 Å². The largest absolute Gasteiger partial charge is 0.271 e. The molecule has 2 aromatic carbocycles. The smallest absolute Gasteiger partial charge is 0.267 e. The van der Waals surface area contributed by atoms with Crippen molar-refractivity contribution in [3.8, 4) is 0 Å². The van der Waals surface area contributed by atoms with E-state index in [9.17, 15) is 4.79 Å². The van der Waals surface area contributed by atoms with Crippen LogP contribution in [0.3, 0.4) is 0 Å². The average Bonchev–Trinajstić information content (AvgIpc) is 2.48. The van der Waals surface area contributed by atoms with Gasteiger partial charge in [0.05, 0.1) is 11.2 Å². The van der Waals surface area contributed by atoms with Gasteiger partial charge in [0.1, 0.15) is 0 Å². The SMILES string of the molecule is Cc1ccccc1C(=O)N/N=C\C(Cl)=C\c1ccccc1. The van der Waals surface area contributed by atoms with Crippen LogP contribution in [0.15, 0.2) is 64.7 Å². The Morgan fingerprint density at radius 2 is 1.76 bits per heavy atom. The molecule has 2 rings (SSSR count). The van der Waals surface area contributed by atoms with Gasteiger partial charge in [-0.1, -0.05) is 60.1 Å². The van der Waals surface area contributed by atoms with E-state index >= 15 is 0 Å². The minimum Gasteiger partial charge on any atom is -0.267 e. The molecule has 0 bridgehead atoms. The topological polar surface area (TPSA) is 41.5 Å². The van der Waals surface area contributed by atoms with Gasteiger partial charge in [-0.25, -0.2) is 5.43 Å². The normalized spacial score (nSPS) is 11.6. The summed E-state index contributed by atoms with van der Waals surface area (Å²) < 4.78 is 0. The van der Waals surface area contributed by atoms with E-state index in [1.54, 1.807) is 12.1 Å². The summed E-state index contributed by atoms with van der Waals surface area (Å²) in [6, 6.07) is 17.0. The number of aryl methyl sites for hydroxylation is 1. The molecule has 0 atom stereocenters. The van der Waals surface area contributed by atoms with Crippen LogP contribution >= 0.6 is 11.6 Å². The van der Waals surface area contributed by atoms with E-state index < -0.39 is 0 Å². The molecule has 106 valence electrons. The summed E-state index contributed by atoms with van der Waals surface area (Å²) in [7, 11) is 0.